The monoisotopic (exact) mass is 357 g/mol. The van der Waals surface area contributed by atoms with Crippen molar-refractivity contribution in [2.45, 2.75) is 38.7 Å². The normalized spacial score (nSPS) is 19.0. The number of carbonyl (C=O) groups excluding carboxylic acids is 2. The van der Waals surface area contributed by atoms with E-state index < -0.39 is 11.5 Å². The van der Waals surface area contributed by atoms with E-state index in [0.29, 0.717) is 21.8 Å². The van der Waals surface area contributed by atoms with Crippen LogP contribution < -0.4 is 5.32 Å². The number of halogens is 1. The van der Waals surface area contributed by atoms with Gasteiger partial charge in [-0.15, -0.1) is 0 Å². The van der Waals surface area contributed by atoms with Crippen LogP contribution in [-0.4, -0.2) is 16.8 Å². The Hall–Kier alpha value is -2.17. The average molecular weight is 358 g/mol. The number of aliphatic hydroxyl groups is 1. The molecule has 1 aliphatic rings. The predicted molar refractivity (Wildman–Crippen MR) is 98.2 cm³/mol. The highest BCUT2D eigenvalue weighted by atomic mass is 35.5. The van der Waals surface area contributed by atoms with Gasteiger partial charge in [0.1, 0.15) is 0 Å². The molecule has 2 aromatic rings. The molecule has 0 unspecified atom stereocenters. The lowest BCUT2D eigenvalue weighted by Crippen LogP contribution is -2.36. The highest BCUT2D eigenvalue weighted by Crippen LogP contribution is 2.40. The number of benzene rings is 2. The molecular weight excluding hydrogens is 338 g/mol. The van der Waals surface area contributed by atoms with Crippen molar-refractivity contribution in [2.75, 3.05) is 5.32 Å². The SMILES string of the molecule is Cc1ccc(C(C)C)cc1C(=O)C[C@@]1(O)C(=O)Nc2ccc(Cl)cc21. The minimum Gasteiger partial charge on any atom is -0.375 e. The number of aryl methyl sites for hydroxylation is 1. The first-order valence-corrected chi connectivity index (χ1v) is 8.58. The van der Waals surface area contributed by atoms with Gasteiger partial charge in [-0.1, -0.05) is 37.6 Å². The van der Waals surface area contributed by atoms with Crippen molar-refractivity contribution in [3.8, 4) is 0 Å². The average Bonchev–Trinajstić information content (AvgIpc) is 2.78. The fourth-order valence-corrected chi connectivity index (χ4v) is 3.29. The third-order valence-corrected chi connectivity index (χ3v) is 4.93. The van der Waals surface area contributed by atoms with Gasteiger partial charge in [0, 0.05) is 21.8 Å². The van der Waals surface area contributed by atoms with E-state index >= 15 is 0 Å². The maximum atomic E-state index is 12.9. The summed E-state index contributed by atoms with van der Waals surface area (Å²) in [4.78, 5) is 25.2. The van der Waals surface area contributed by atoms with Crippen molar-refractivity contribution < 1.29 is 14.7 Å². The van der Waals surface area contributed by atoms with Crippen LogP contribution in [0.25, 0.3) is 0 Å². The molecule has 3 rings (SSSR count). The van der Waals surface area contributed by atoms with Crippen LogP contribution in [0.4, 0.5) is 5.69 Å². The number of Topliss-reactive ketones (excluding diaryl/α,β-unsaturated/α-hetero) is 1. The maximum Gasteiger partial charge on any atom is 0.261 e. The molecule has 0 bridgehead atoms. The number of amides is 1. The fourth-order valence-electron chi connectivity index (χ4n) is 3.12. The molecule has 0 fully saturated rings. The Balaban J connectivity index is 1.98. The minimum absolute atomic E-state index is 0.273. The van der Waals surface area contributed by atoms with Crippen LogP contribution in [0, 0.1) is 6.92 Å². The molecule has 0 saturated heterocycles. The molecule has 0 aliphatic carbocycles. The fraction of sp³-hybridized carbons (Fsp3) is 0.300. The molecule has 0 radical (unpaired) electrons. The molecule has 25 heavy (non-hydrogen) atoms. The van der Waals surface area contributed by atoms with E-state index in [1.54, 1.807) is 12.1 Å². The summed E-state index contributed by atoms with van der Waals surface area (Å²) in [7, 11) is 0. The number of ketones is 1. The minimum atomic E-state index is -1.91. The van der Waals surface area contributed by atoms with Crippen LogP contribution in [0.1, 0.15) is 53.2 Å². The third-order valence-electron chi connectivity index (χ3n) is 4.70. The van der Waals surface area contributed by atoms with Gasteiger partial charge in [0.2, 0.25) is 0 Å². The predicted octanol–water partition coefficient (Wildman–Crippen LogP) is 4.18. The second kappa shape index (κ2) is 6.28. The van der Waals surface area contributed by atoms with Crippen molar-refractivity contribution in [1.29, 1.82) is 0 Å². The molecule has 1 heterocycles. The summed E-state index contributed by atoms with van der Waals surface area (Å²) in [6.07, 6.45) is -0.325. The summed E-state index contributed by atoms with van der Waals surface area (Å²) in [5.74, 6) is -0.592. The van der Waals surface area contributed by atoms with Crippen molar-refractivity contribution in [3.05, 3.63) is 63.7 Å². The quantitative estimate of drug-likeness (QED) is 0.806. The first-order chi connectivity index (χ1) is 11.7. The van der Waals surface area contributed by atoms with Crippen LogP contribution in [0.2, 0.25) is 5.02 Å². The van der Waals surface area contributed by atoms with Gasteiger partial charge >= 0.3 is 0 Å². The Morgan fingerprint density at radius 1 is 1.24 bits per heavy atom. The van der Waals surface area contributed by atoms with Gasteiger partial charge in [0.25, 0.3) is 5.91 Å². The highest BCUT2D eigenvalue weighted by molar-refractivity contribution is 6.31. The van der Waals surface area contributed by atoms with Crippen molar-refractivity contribution in [3.63, 3.8) is 0 Å². The number of nitrogens with one attached hydrogen (secondary N) is 1. The first kappa shape index (κ1) is 17.6. The summed E-state index contributed by atoms with van der Waals surface area (Å²) in [5, 5.41) is 14.0. The van der Waals surface area contributed by atoms with E-state index in [1.807, 2.05) is 25.1 Å². The lowest BCUT2D eigenvalue weighted by molar-refractivity contribution is -0.133. The maximum absolute atomic E-state index is 12.9. The van der Waals surface area contributed by atoms with E-state index in [4.69, 9.17) is 11.6 Å². The lowest BCUT2D eigenvalue weighted by atomic mass is 9.86. The summed E-state index contributed by atoms with van der Waals surface area (Å²) < 4.78 is 0. The molecule has 1 atom stereocenters. The summed E-state index contributed by atoms with van der Waals surface area (Å²) in [6, 6.07) is 10.5. The van der Waals surface area contributed by atoms with E-state index in [-0.39, 0.29) is 18.1 Å². The zero-order valence-corrected chi connectivity index (χ0v) is 15.1. The first-order valence-electron chi connectivity index (χ1n) is 8.20. The van der Waals surface area contributed by atoms with Gasteiger partial charge < -0.3 is 10.4 Å². The molecule has 1 aliphatic heterocycles. The topological polar surface area (TPSA) is 66.4 Å². The lowest BCUT2D eigenvalue weighted by Gasteiger charge is -2.21. The summed E-state index contributed by atoms with van der Waals surface area (Å²) in [6.45, 7) is 5.95. The number of hydrogen-bond donors (Lipinski definition) is 2. The standard InChI is InChI=1S/C20H20ClNO3/c1-11(2)13-5-4-12(3)15(8-13)18(23)10-20(25)16-9-14(21)6-7-17(16)22-19(20)24/h4-9,11,25H,10H2,1-3H3,(H,22,24)/t20-/m0/s1. The van der Waals surface area contributed by atoms with Crippen LogP contribution in [0.15, 0.2) is 36.4 Å². The second-order valence-electron chi connectivity index (χ2n) is 6.83. The second-order valence-corrected chi connectivity index (χ2v) is 7.27. The molecule has 5 heteroatoms. The number of hydrogen-bond acceptors (Lipinski definition) is 3. The zero-order chi connectivity index (χ0) is 18.4. The molecule has 4 nitrogen and oxygen atoms in total. The van der Waals surface area contributed by atoms with Gasteiger partial charge in [-0.25, -0.2) is 0 Å². The van der Waals surface area contributed by atoms with Crippen LogP contribution in [0.3, 0.4) is 0 Å². The molecule has 0 aromatic heterocycles. The van der Waals surface area contributed by atoms with Crippen molar-refractivity contribution >= 4 is 29.0 Å². The highest BCUT2D eigenvalue weighted by Gasteiger charge is 2.47. The van der Waals surface area contributed by atoms with Crippen molar-refractivity contribution in [1.82, 2.24) is 0 Å². The third kappa shape index (κ3) is 3.08. The van der Waals surface area contributed by atoms with Gasteiger partial charge in [0.15, 0.2) is 11.4 Å². The number of fused-ring (bicyclic) bond motifs is 1. The van der Waals surface area contributed by atoms with E-state index in [1.165, 1.54) is 6.07 Å². The number of anilines is 1. The zero-order valence-electron chi connectivity index (χ0n) is 14.4. The molecule has 130 valence electrons. The Morgan fingerprint density at radius 3 is 2.64 bits per heavy atom. The molecule has 0 spiro atoms. The molecule has 1 amide bonds. The van der Waals surface area contributed by atoms with Crippen LogP contribution in [0.5, 0.6) is 0 Å². The van der Waals surface area contributed by atoms with Crippen molar-refractivity contribution in [2.24, 2.45) is 0 Å². The smallest absolute Gasteiger partial charge is 0.261 e. The van der Waals surface area contributed by atoms with Gasteiger partial charge in [-0.05, 0) is 48.2 Å². The Labute approximate surface area is 151 Å². The van der Waals surface area contributed by atoms with Crippen LogP contribution in [-0.2, 0) is 10.4 Å². The van der Waals surface area contributed by atoms with E-state index in [9.17, 15) is 14.7 Å². The van der Waals surface area contributed by atoms with E-state index in [2.05, 4.69) is 19.2 Å². The Kier molecular flexibility index (Phi) is 4.43. The molecule has 2 N–H and O–H groups in total. The summed E-state index contributed by atoms with van der Waals surface area (Å²) >= 11 is 6.00. The van der Waals surface area contributed by atoms with Gasteiger partial charge in [0.05, 0.1) is 6.42 Å². The van der Waals surface area contributed by atoms with Gasteiger partial charge in [-0.3, -0.25) is 9.59 Å². The number of rotatable bonds is 4. The molecular formula is C20H20ClNO3. The van der Waals surface area contributed by atoms with Crippen LogP contribution >= 0.6 is 11.6 Å². The number of carbonyl (C=O) groups is 2. The molecule has 2 aromatic carbocycles. The Morgan fingerprint density at radius 2 is 1.96 bits per heavy atom. The van der Waals surface area contributed by atoms with Gasteiger partial charge in [-0.2, -0.15) is 0 Å². The van der Waals surface area contributed by atoms with E-state index in [0.717, 1.165) is 11.1 Å². The Bertz CT molecular complexity index is 875. The largest absolute Gasteiger partial charge is 0.375 e. The summed E-state index contributed by atoms with van der Waals surface area (Å²) in [5.41, 5.74) is 1.32. The molecule has 0 saturated carbocycles.